The fraction of sp³-hybridized carbons (Fsp3) is 0. The lowest BCUT2D eigenvalue weighted by atomic mass is 10.1. The second kappa shape index (κ2) is 7.02. The van der Waals surface area contributed by atoms with Crippen LogP contribution in [0, 0.1) is 0 Å². The van der Waals surface area contributed by atoms with Crippen molar-refractivity contribution >= 4 is 12.2 Å². The summed E-state index contributed by atoms with van der Waals surface area (Å²) in [6.07, 6.45) is 4.15. The number of hydrogen-bond acceptors (Lipinski definition) is 1. The summed E-state index contributed by atoms with van der Waals surface area (Å²) in [7, 11) is 0. The van der Waals surface area contributed by atoms with Crippen LogP contribution in [0.25, 0.3) is 29.1 Å². The lowest BCUT2D eigenvalue weighted by molar-refractivity contribution is 0.883. The Morgan fingerprint density at radius 2 is 1.24 bits per heavy atom. The van der Waals surface area contributed by atoms with Gasteiger partial charge in [0.25, 0.3) is 0 Å². The second-order valence-corrected chi connectivity index (χ2v) is 5.81. The van der Waals surface area contributed by atoms with Gasteiger partial charge in [-0.2, -0.15) is 5.10 Å². The summed E-state index contributed by atoms with van der Waals surface area (Å²) in [6, 6.07) is 33.0. The van der Waals surface area contributed by atoms with Gasteiger partial charge in [0, 0.05) is 5.56 Å². The zero-order valence-corrected chi connectivity index (χ0v) is 13.8. The van der Waals surface area contributed by atoms with Crippen molar-refractivity contribution in [1.29, 1.82) is 0 Å². The molecule has 0 saturated heterocycles. The van der Waals surface area contributed by atoms with E-state index in [0.717, 1.165) is 28.2 Å². The van der Waals surface area contributed by atoms with Gasteiger partial charge in [-0.3, -0.25) is 0 Å². The largest absolute Gasteiger partial charge is 0.233 e. The molecular formula is C23H18N2. The molecule has 1 heterocycles. The minimum Gasteiger partial charge on any atom is -0.233 e. The molecule has 2 heteroatoms. The highest BCUT2D eigenvalue weighted by molar-refractivity contribution is 5.72. The molecule has 1 aromatic heterocycles. The van der Waals surface area contributed by atoms with E-state index < -0.39 is 0 Å². The van der Waals surface area contributed by atoms with Crippen LogP contribution in [0.15, 0.2) is 97.1 Å². The molecule has 3 aromatic carbocycles. The average molecular weight is 322 g/mol. The Morgan fingerprint density at radius 3 is 1.92 bits per heavy atom. The Labute approximate surface area is 147 Å². The molecule has 0 aliphatic carbocycles. The minimum atomic E-state index is 0.937. The first-order valence-corrected chi connectivity index (χ1v) is 8.34. The number of benzene rings is 3. The molecule has 0 amide bonds. The molecule has 4 aromatic rings. The van der Waals surface area contributed by atoms with Gasteiger partial charge in [-0.1, -0.05) is 84.9 Å². The van der Waals surface area contributed by atoms with Crippen LogP contribution < -0.4 is 0 Å². The number of aromatic nitrogens is 2. The van der Waals surface area contributed by atoms with Crippen molar-refractivity contribution < 1.29 is 0 Å². The Morgan fingerprint density at radius 1 is 0.640 bits per heavy atom. The summed E-state index contributed by atoms with van der Waals surface area (Å²) in [4.78, 5) is 0. The van der Waals surface area contributed by atoms with E-state index in [-0.39, 0.29) is 0 Å². The van der Waals surface area contributed by atoms with Gasteiger partial charge in [-0.25, -0.2) is 4.68 Å². The third kappa shape index (κ3) is 3.43. The van der Waals surface area contributed by atoms with Crippen molar-refractivity contribution in [2.75, 3.05) is 0 Å². The van der Waals surface area contributed by atoms with Crippen LogP contribution in [0.2, 0.25) is 0 Å². The molecule has 25 heavy (non-hydrogen) atoms. The topological polar surface area (TPSA) is 17.8 Å². The van der Waals surface area contributed by atoms with Crippen molar-refractivity contribution in [3.63, 3.8) is 0 Å². The van der Waals surface area contributed by atoms with E-state index in [1.165, 1.54) is 0 Å². The van der Waals surface area contributed by atoms with Gasteiger partial charge in [0.15, 0.2) is 0 Å². The highest BCUT2D eigenvalue weighted by Gasteiger charge is 2.10. The quantitative estimate of drug-likeness (QED) is 0.470. The molecule has 0 N–H and O–H groups in total. The molecule has 0 spiro atoms. The van der Waals surface area contributed by atoms with E-state index in [9.17, 15) is 0 Å². The third-order valence-corrected chi connectivity index (χ3v) is 4.04. The number of hydrogen-bond donors (Lipinski definition) is 0. The monoisotopic (exact) mass is 322 g/mol. The first-order chi connectivity index (χ1) is 12.4. The molecule has 0 bridgehead atoms. The third-order valence-electron chi connectivity index (χ3n) is 4.04. The van der Waals surface area contributed by atoms with E-state index >= 15 is 0 Å². The van der Waals surface area contributed by atoms with Crippen molar-refractivity contribution in [1.82, 2.24) is 9.78 Å². The van der Waals surface area contributed by atoms with Crippen LogP contribution in [0.1, 0.15) is 11.3 Å². The smallest absolute Gasteiger partial charge is 0.0862 e. The first-order valence-electron chi connectivity index (χ1n) is 8.34. The summed E-state index contributed by atoms with van der Waals surface area (Å²) < 4.78 is 2.00. The normalized spacial score (nSPS) is 11.0. The van der Waals surface area contributed by atoms with Crippen molar-refractivity contribution in [3.05, 3.63) is 108 Å². The van der Waals surface area contributed by atoms with Crippen LogP contribution in [0.5, 0.6) is 0 Å². The Bertz CT molecular complexity index is 912. The maximum atomic E-state index is 4.80. The Kier molecular flexibility index (Phi) is 4.25. The fourth-order valence-corrected chi connectivity index (χ4v) is 2.81. The molecule has 0 radical (unpaired) electrons. The van der Waals surface area contributed by atoms with Crippen molar-refractivity contribution in [2.45, 2.75) is 0 Å². The van der Waals surface area contributed by atoms with Crippen LogP contribution in [0.3, 0.4) is 0 Å². The van der Waals surface area contributed by atoms with E-state index in [2.05, 4.69) is 66.7 Å². The first kappa shape index (κ1) is 15.2. The molecule has 0 aliphatic heterocycles. The highest BCUT2D eigenvalue weighted by atomic mass is 15.3. The zero-order valence-electron chi connectivity index (χ0n) is 13.8. The minimum absolute atomic E-state index is 0.937. The fourth-order valence-electron chi connectivity index (χ4n) is 2.81. The molecule has 0 atom stereocenters. The Hall–Kier alpha value is -3.39. The van der Waals surface area contributed by atoms with Crippen molar-refractivity contribution in [2.24, 2.45) is 0 Å². The lowest BCUT2D eigenvalue weighted by Crippen LogP contribution is -1.98. The summed E-state index contributed by atoms with van der Waals surface area (Å²) >= 11 is 0. The van der Waals surface area contributed by atoms with Gasteiger partial charge in [0.2, 0.25) is 0 Å². The Balaban J connectivity index is 1.77. The second-order valence-electron chi connectivity index (χ2n) is 5.81. The summed E-state index contributed by atoms with van der Waals surface area (Å²) in [6.45, 7) is 0. The molecule has 120 valence electrons. The van der Waals surface area contributed by atoms with Gasteiger partial charge in [0.1, 0.15) is 0 Å². The molecule has 0 saturated carbocycles. The van der Waals surface area contributed by atoms with Crippen molar-refractivity contribution in [3.8, 4) is 16.9 Å². The van der Waals surface area contributed by atoms with E-state index in [4.69, 9.17) is 5.10 Å². The maximum Gasteiger partial charge on any atom is 0.0862 e. The molecule has 2 nitrogen and oxygen atoms in total. The van der Waals surface area contributed by atoms with E-state index in [1.807, 2.05) is 47.1 Å². The molecular weight excluding hydrogens is 304 g/mol. The number of para-hydroxylation sites is 1. The van der Waals surface area contributed by atoms with Crippen LogP contribution >= 0.6 is 0 Å². The number of rotatable bonds is 4. The molecule has 0 fully saturated rings. The summed E-state index contributed by atoms with van der Waals surface area (Å²) in [5.74, 6) is 0. The molecule has 4 rings (SSSR count). The van der Waals surface area contributed by atoms with Crippen LogP contribution in [0.4, 0.5) is 0 Å². The lowest BCUT2D eigenvalue weighted by Gasteiger charge is -2.07. The average Bonchev–Trinajstić information content (AvgIpc) is 3.13. The predicted molar refractivity (Wildman–Crippen MR) is 104 cm³/mol. The molecule has 0 unspecified atom stereocenters. The van der Waals surface area contributed by atoms with E-state index in [1.54, 1.807) is 0 Å². The van der Waals surface area contributed by atoms with Crippen LogP contribution in [-0.2, 0) is 0 Å². The van der Waals surface area contributed by atoms with Gasteiger partial charge < -0.3 is 0 Å². The predicted octanol–water partition coefficient (Wildman–Crippen LogP) is 5.71. The summed E-state index contributed by atoms with van der Waals surface area (Å²) in [5.41, 5.74) is 5.39. The van der Waals surface area contributed by atoms with Gasteiger partial charge in [0.05, 0.1) is 17.1 Å². The van der Waals surface area contributed by atoms with Gasteiger partial charge in [-0.05, 0) is 29.8 Å². The standard InChI is InChI=1S/C23H18N2/c1-4-10-19(11-5-1)16-17-21-18-23(20-12-6-2-7-13-20)25(24-21)22-14-8-3-9-15-22/h1-18H/b17-16+. The SMILES string of the molecule is C(=C\c1cc(-c2ccccc2)n(-c2ccccc2)n1)/c1ccccc1. The maximum absolute atomic E-state index is 4.80. The highest BCUT2D eigenvalue weighted by Crippen LogP contribution is 2.24. The summed E-state index contributed by atoms with van der Waals surface area (Å²) in [5, 5.41) is 4.80. The van der Waals surface area contributed by atoms with Crippen LogP contribution in [-0.4, -0.2) is 9.78 Å². The van der Waals surface area contributed by atoms with Gasteiger partial charge in [-0.15, -0.1) is 0 Å². The molecule has 0 aliphatic rings. The zero-order chi connectivity index (χ0) is 16.9. The number of nitrogens with zero attached hydrogens (tertiary/aromatic N) is 2. The van der Waals surface area contributed by atoms with E-state index in [0.29, 0.717) is 0 Å². The van der Waals surface area contributed by atoms with Gasteiger partial charge >= 0.3 is 0 Å².